The second-order valence-electron chi connectivity index (χ2n) is 4.20. The molecule has 94 valence electrons. The van der Waals surface area contributed by atoms with Crippen molar-refractivity contribution in [1.29, 1.82) is 0 Å². The zero-order chi connectivity index (χ0) is 12.3. The molecular formula is C11H19N5O. The highest BCUT2D eigenvalue weighted by atomic mass is 16.1. The predicted octanol–water partition coefficient (Wildman–Crippen LogP) is -0.286. The summed E-state index contributed by atoms with van der Waals surface area (Å²) < 4.78 is 0. The number of nitrogen functional groups attached to an aromatic ring is 1. The summed E-state index contributed by atoms with van der Waals surface area (Å²) in [5, 5.41) is 3.31. The van der Waals surface area contributed by atoms with Gasteiger partial charge in [0.05, 0.1) is 5.56 Å². The van der Waals surface area contributed by atoms with E-state index in [1.807, 2.05) is 6.92 Å². The van der Waals surface area contributed by atoms with Crippen LogP contribution in [-0.2, 0) is 6.42 Å². The Morgan fingerprint density at radius 2 is 2.24 bits per heavy atom. The second kappa shape index (κ2) is 5.18. The van der Waals surface area contributed by atoms with Gasteiger partial charge in [0.25, 0.3) is 5.56 Å². The summed E-state index contributed by atoms with van der Waals surface area (Å²) in [6.07, 6.45) is 1.65. The van der Waals surface area contributed by atoms with Crippen molar-refractivity contribution in [2.45, 2.75) is 19.8 Å². The summed E-state index contributed by atoms with van der Waals surface area (Å²) >= 11 is 0. The summed E-state index contributed by atoms with van der Waals surface area (Å²) in [7, 11) is 0. The van der Waals surface area contributed by atoms with Crippen LogP contribution in [0.5, 0.6) is 0 Å². The normalized spacial score (nSPS) is 16.9. The van der Waals surface area contributed by atoms with Gasteiger partial charge in [-0.2, -0.15) is 4.98 Å². The number of aromatic amines is 1. The fourth-order valence-electron chi connectivity index (χ4n) is 2.05. The maximum atomic E-state index is 11.8. The maximum Gasteiger partial charge on any atom is 0.257 e. The molecule has 0 unspecified atom stereocenters. The minimum absolute atomic E-state index is 0.118. The van der Waals surface area contributed by atoms with Crippen molar-refractivity contribution in [2.75, 3.05) is 36.8 Å². The van der Waals surface area contributed by atoms with Crippen molar-refractivity contribution in [3.8, 4) is 0 Å². The van der Waals surface area contributed by atoms with E-state index in [1.165, 1.54) is 0 Å². The standard InChI is InChI=1S/C11H19N5O/c1-2-8-9(12)14-11(15-10(8)17)16-6-3-4-13-5-7-16/h13H,2-7H2,1H3,(H3,12,14,15,17). The molecule has 1 fully saturated rings. The topological polar surface area (TPSA) is 87.0 Å². The molecule has 0 radical (unpaired) electrons. The Balaban J connectivity index is 2.29. The highest BCUT2D eigenvalue weighted by Crippen LogP contribution is 2.11. The molecule has 1 aromatic rings. The minimum atomic E-state index is -0.118. The van der Waals surface area contributed by atoms with E-state index in [9.17, 15) is 4.79 Å². The first-order chi connectivity index (χ1) is 8.22. The van der Waals surface area contributed by atoms with Crippen LogP contribution in [0.4, 0.5) is 11.8 Å². The Bertz CT molecular complexity index is 434. The van der Waals surface area contributed by atoms with Crippen molar-refractivity contribution in [3.05, 3.63) is 15.9 Å². The third-order valence-electron chi connectivity index (χ3n) is 3.03. The van der Waals surface area contributed by atoms with Gasteiger partial charge in [-0.25, -0.2) is 0 Å². The van der Waals surface area contributed by atoms with E-state index in [-0.39, 0.29) is 5.56 Å². The molecule has 2 heterocycles. The highest BCUT2D eigenvalue weighted by Gasteiger charge is 2.14. The number of rotatable bonds is 2. The van der Waals surface area contributed by atoms with Crippen LogP contribution in [0.25, 0.3) is 0 Å². The number of hydrogen-bond donors (Lipinski definition) is 3. The molecule has 6 heteroatoms. The summed E-state index contributed by atoms with van der Waals surface area (Å²) in [5.74, 6) is 0.942. The van der Waals surface area contributed by atoms with Crippen LogP contribution in [-0.4, -0.2) is 36.1 Å². The van der Waals surface area contributed by atoms with E-state index in [0.29, 0.717) is 23.8 Å². The SMILES string of the molecule is CCc1c(N)nc(N2CCCNCC2)[nH]c1=O. The Morgan fingerprint density at radius 1 is 1.41 bits per heavy atom. The lowest BCUT2D eigenvalue weighted by molar-refractivity contribution is 0.724. The number of nitrogens with zero attached hydrogens (tertiary/aromatic N) is 2. The first-order valence-electron chi connectivity index (χ1n) is 6.06. The molecule has 1 aliphatic heterocycles. The molecule has 0 aromatic carbocycles. The van der Waals surface area contributed by atoms with Crippen LogP contribution in [0.3, 0.4) is 0 Å². The molecule has 2 rings (SSSR count). The van der Waals surface area contributed by atoms with Crippen molar-refractivity contribution in [2.24, 2.45) is 0 Å². The molecule has 0 aliphatic carbocycles. The van der Waals surface area contributed by atoms with Gasteiger partial charge in [-0.15, -0.1) is 0 Å². The fraction of sp³-hybridized carbons (Fsp3) is 0.636. The Morgan fingerprint density at radius 3 is 2.94 bits per heavy atom. The zero-order valence-corrected chi connectivity index (χ0v) is 10.1. The molecule has 1 aliphatic rings. The molecule has 0 saturated carbocycles. The largest absolute Gasteiger partial charge is 0.383 e. The number of nitrogens with one attached hydrogen (secondary N) is 2. The number of aromatic nitrogens is 2. The van der Waals surface area contributed by atoms with Crippen LogP contribution in [0.15, 0.2) is 4.79 Å². The molecule has 0 atom stereocenters. The van der Waals surface area contributed by atoms with Gasteiger partial charge in [0.2, 0.25) is 5.95 Å². The lowest BCUT2D eigenvalue weighted by Gasteiger charge is -2.20. The van der Waals surface area contributed by atoms with E-state index in [2.05, 4.69) is 20.2 Å². The van der Waals surface area contributed by atoms with E-state index >= 15 is 0 Å². The van der Waals surface area contributed by atoms with Crippen LogP contribution in [0.1, 0.15) is 18.9 Å². The number of anilines is 2. The van der Waals surface area contributed by atoms with Crippen LogP contribution < -0.4 is 21.5 Å². The number of nitrogens with two attached hydrogens (primary N) is 1. The first kappa shape index (κ1) is 11.9. The molecule has 0 spiro atoms. The van der Waals surface area contributed by atoms with Crippen molar-refractivity contribution in [1.82, 2.24) is 15.3 Å². The smallest absolute Gasteiger partial charge is 0.257 e. The Kier molecular flexibility index (Phi) is 3.63. The van der Waals surface area contributed by atoms with Gasteiger partial charge in [0.1, 0.15) is 5.82 Å². The van der Waals surface area contributed by atoms with Crippen LogP contribution in [0, 0.1) is 0 Å². The van der Waals surface area contributed by atoms with Gasteiger partial charge in [-0.05, 0) is 19.4 Å². The quantitative estimate of drug-likeness (QED) is 0.658. The average Bonchev–Trinajstić information content (AvgIpc) is 2.57. The number of hydrogen-bond acceptors (Lipinski definition) is 5. The van der Waals surface area contributed by atoms with Crippen molar-refractivity contribution in [3.63, 3.8) is 0 Å². The summed E-state index contributed by atoms with van der Waals surface area (Å²) in [5.41, 5.74) is 6.26. The molecule has 17 heavy (non-hydrogen) atoms. The van der Waals surface area contributed by atoms with E-state index in [4.69, 9.17) is 5.73 Å². The molecule has 1 saturated heterocycles. The van der Waals surface area contributed by atoms with Crippen LogP contribution in [0.2, 0.25) is 0 Å². The van der Waals surface area contributed by atoms with Crippen molar-refractivity contribution < 1.29 is 0 Å². The lowest BCUT2D eigenvalue weighted by atomic mass is 10.2. The number of H-pyrrole nitrogens is 1. The van der Waals surface area contributed by atoms with Gasteiger partial charge in [-0.1, -0.05) is 6.92 Å². The zero-order valence-electron chi connectivity index (χ0n) is 10.1. The van der Waals surface area contributed by atoms with E-state index in [1.54, 1.807) is 0 Å². The highest BCUT2D eigenvalue weighted by molar-refractivity contribution is 5.44. The van der Waals surface area contributed by atoms with Gasteiger partial charge >= 0.3 is 0 Å². The molecule has 0 bridgehead atoms. The predicted molar refractivity (Wildman–Crippen MR) is 68.3 cm³/mol. The Hall–Kier alpha value is -1.56. The molecule has 4 N–H and O–H groups in total. The van der Waals surface area contributed by atoms with Gasteiger partial charge in [0, 0.05) is 19.6 Å². The van der Waals surface area contributed by atoms with Gasteiger partial charge < -0.3 is 16.0 Å². The van der Waals surface area contributed by atoms with Gasteiger partial charge in [0.15, 0.2) is 0 Å². The van der Waals surface area contributed by atoms with E-state index in [0.717, 1.165) is 32.6 Å². The van der Waals surface area contributed by atoms with E-state index < -0.39 is 0 Å². The monoisotopic (exact) mass is 237 g/mol. The van der Waals surface area contributed by atoms with Crippen LogP contribution >= 0.6 is 0 Å². The summed E-state index contributed by atoms with van der Waals surface area (Å²) in [6, 6.07) is 0. The third kappa shape index (κ3) is 2.58. The Labute approximate surface area is 100 Å². The average molecular weight is 237 g/mol. The summed E-state index contributed by atoms with van der Waals surface area (Å²) in [6.45, 7) is 5.54. The third-order valence-corrected chi connectivity index (χ3v) is 3.03. The molecule has 1 aromatic heterocycles. The molecular weight excluding hydrogens is 218 g/mol. The lowest BCUT2D eigenvalue weighted by Crippen LogP contribution is -2.32. The second-order valence-corrected chi connectivity index (χ2v) is 4.20. The van der Waals surface area contributed by atoms with Crippen molar-refractivity contribution >= 4 is 11.8 Å². The first-order valence-corrected chi connectivity index (χ1v) is 6.06. The molecule has 6 nitrogen and oxygen atoms in total. The van der Waals surface area contributed by atoms with Gasteiger partial charge in [-0.3, -0.25) is 9.78 Å². The molecule has 0 amide bonds. The minimum Gasteiger partial charge on any atom is -0.383 e. The summed E-state index contributed by atoms with van der Waals surface area (Å²) in [4.78, 5) is 21.0. The fourth-order valence-corrected chi connectivity index (χ4v) is 2.05. The maximum absolute atomic E-state index is 11.8.